The molecule has 0 aromatic rings. The molecule has 0 amide bonds. The van der Waals surface area contributed by atoms with Gasteiger partial charge >= 0.3 is 0 Å². The zero-order chi connectivity index (χ0) is 14.0. The zero-order valence-corrected chi connectivity index (χ0v) is 13.8. The van der Waals surface area contributed by atoms with Gasteiger partial charge in [-0.25, -0.2) is 0 Å². The highest BCUT2D eigenvalue weighted by Crippen LogP contribution is 2.43. The average molecular weight is 250 g/mol. The number of allylic oxidation sites excluding steroid dienone is 2. The largest absolute Gasteiger partial charge is 0.0847 e. The lowest BCUT2D eigenvalue weighted by molar-refractivity contribution is 0.201. The number of rotatable bonds is 3. The molecule has 0 aliphatic heterocycles. The Labute approximate surface area is 115 Å². The molecule has 0 saturated heterocycles. The van der Waals surface area contributed by atoms with Crippen LogP contribution in [0.4, 0.5) is 0 Å². The van der Waals surface area contributed by atoms with E-state index in [4.69, 9.17) is 0 Å². The summed E-state index contributed by atoms with van der Waals surface area (Å²) in [7, 11) is 0. The minimum Gasteiger partial charge on any atom is -0.0847 e. The maximum Gasteiger partial charge on any atom is -0.0155 e. The van der Waals surface area contributed by atoms with Crippen molar-refractivity contribution in [2.45, 2.75) is 80.6 Å². The second-order valence-corrected chi connectivity index (χ2v) is 8.32. The molecule has 2 unspecified atom stereocenters. The van der Waals surface area contributed by atoms with Gasteiger partial charge in [-0.2, -0.15) is 0 Å². The van der Waals surface area contributed by atoms with Gasteiger partial charge in [0.25, 0.3) is 0 Å². The van der Waals surface area contributed by atoms with Crippen LogP contribution in [0.5, 0.6) is 0 Å². The van der Waals surface area contributed by atoms with Crippen molar-refractivity contribution in [3.05, 3.63) is 11.6 Å². The summed E-state index contributed by atoms with van der Waals surface area (Å²) < 4.78 is 0. The molecule has 0 nitrogen and oxygen atoms in total. The van der Waals surface area contributed by atoms with Crippen molar-refractivity contribution < 1.29 is 0 Å². The van der Waals surface area contributed by atoms with Gasteiger partial charge in [-0.05, 0) is 48.3 Å². The summed E-state index contributed by atoms with van der Waals surface area (Å²) in [4.78, 5) is 0. The molecule has 2 atom stereocenters. The molecule has 0 N–H and O–H groups in total. The molecule has 0 saturated carbocycles. The first-order chi connectivity index (χ1) is 8.16. The monoisotopic (exact) mass is 250 g/mol. The normalized spacial score (nSPS) is 23.7. The van der Waals surface area contributed by atoms with Gasteiger partial charge in [0.05, 0.1) is 0 Å². The summed E-state index contributed by atoms with van der Waals surface area (Å²) in [6, 6.07) is 0. The van der Waals surface area contributed by atoms with Gasteiger partial charge in [-0.3, -0.25) is 0 Å². The lowest BCUT2D eigenvalue weighted by Crippen LogP contribution is -2.27. The lowest BCUT2D eigenvalue weighted by Gasteiger charge is -2.38. The van der Waals surface area contributed by atoms with E-state index in [-0.39, 0.29) is 0 Å². The summed E-state index contributed by atoms with van der Waals surface area (Å²) in [5.41, 5.74) is 2.66. The second-order valence-electron chi connectivity index (χ2n) is 8.32. The van der Waals surface area contributed by atoms with Gasteiger partial charge in [0.2, 0.25) is 0 Å². The maximum absolute atomic E-state index is 2.59. The van der Waals surface area contributed by atoms with Crippen molar-refractivity contribution in [3.63, 3.8) is 0 Å². The standard InChI is InChI=1S/C18H34/c1-8-9-16(18(5,6)7)14-10-12-15(13-11-14)17(2,3)4/h10,15-16H,8-9,11-13H2,1-7H3. The highest BCUT2D eigenvalue weighted by atomic mass is 14.4. The molecule has 0 fully saturated rings. The minimum absolute atomic E-state index is 0.427. The smallest absolute Gasteiger partial charge is 0.0155 e. The molecule has 0 spiro atoms. The van der Waals surface area contributed by atoms with E-state index in [1.54, 1.807) is 5.57 Å². The van der Waals surface area contributed by atoms with Crippen molar-refractivity contribution in [2.75, 3.05) is 0 Å². The molecule has 0 radical (unpaired) electrons. The Bertz CT molecular complexity index is 282. The Morgan fingerprint density at radius 1 is 1.17 bits per heavy atom. The predicted octanol–water partition coefficient (Wildman–Crippen LogP) is 6.22. The summed E-state index contributed by atoms with van der Waals surface area (Å²) in [5, 5.41) is 0. The average Bonchev–Trinajstić information content (AvgIpc) is 2.23. The van der Waals surface area contributed by atoms with E-state index in [9.17, 15) is 0 Å². The van der Waals surface area contributed by atoms with E-state index in [0.717, 1.165) is 11.8 Å². The van der Waals surface area contributed by atoms with Crippen LogP contribution in [0.3, 0.4) is 0 Å². The Morgan fingerprint density at radius 2 is 1.78 bits per heavy atom. The number of hydrogen-bond donors (Lipinski definition) is 0. The summed E-state index contributed by atoms with van der Waals surface area (Å²) in [6.45, 7) is 16.7. The molecule has 0 aromatic carbocycles. The fourth-order valence-corrected chi connectivity index (χ4v) is 3.42. The van der Waals surface area contributed by atoms with Crippen LogP contribution in [-0.4, -0.2) is 0 Å². The first kappa shape index (κ1) is 15.8. The Hall–Kier alpha value is -0.260. The van der Waals surface area contributed by atoms with Crippen molar-refractivity contribution >= 4 is 0 Å². The Morgan fingerprint density at radius 3 is 2.11 bits per heavy atom. The van der Waals surface area contributed by atoms with Crippen LogP contribution in [0.25, 0.3) is 0 Å². The minimum atomic E-state index is 0.427. The van der Waals surface area contributed by atoms with Gasteiger partial charge in [-0.1, -0.05) is 66.5 Å². The Balaban J connectivity index is 2.76. The molecule has 18 heavy (non-hydrogen) atoms. The van der Waals surface area contributed by atoms with Crippen LogP contribution in [0, 0.1) is 22.7 Å². The van der Waals surface area contributed by atoms with Crippen molar-refractivity contribution in [3.8, 4) is 0 Å². The summed E-state index contributed by atoms with van der Waals surface area (Å²) in [6.07, 6.45) is 9.28. The van der Waals surface area contributed by atoms with Crippen LogP contribution < -0.4 is 0 Å². The molecule has 0 bridgehead atoms. The van der Waals surface area contributed by atoms with Crippen molar-refractivity contribution in [1.29, 1.82) is 0 Å². The molecule has 0 aromatic heterocycles. The number of hydrogen-bond acceptors (Lipinski definition) is 0. The fourth-order valence-electron chi connectivity index (χ4n) is 3.42. The maximum atomic E-state index is 2.59. The van der Waals surface area contributed by atoms with Crippen LogP contribution in [0.2, 0.25) is 0 Å². The van der Waals surface area contributed by atoms with Gasteiger partial charge < -0.3 is 0 Å². The molecule has 1 aliphatic rings. The SMILES string of the molecule is CCCC(C1=CCC(C(C)(C)C)CC1)C(C)(C)C. The third kappa shape index (κ3) is 4.14. The molecule has 0 heteroatoms. The van der Waals surface area contributed by atoms with Crippen LogP contribution in [0.1, 0.15) is 80.6 Å². The van der Waals surface area contributed by atoms with Gasteiger partial charge in [-0.15, -0.1) is 0 Å². The van der Waals surface area contributed by atoms with Gasteiger partial charge in [0.15, 0.2) is 0 Å². The zero-order valence-electron chi connectivity index (χ0n) is 13.8. The predicted molar refractivity (Wildman–Crippen MR) is 82.7 cm³/mol. The second kappa shape index (κ2) is 5.80. The molecule has 1 aliphatic carbocycles. The molecule has 0 heterocycles. The molecule has 106 valence electrons. The van der Waals surface area contributed by atoms with E-state index >= 15 is 0 Å². The summed E-state index contributed by atoms with van der Waals surface area (Å²) >= 11 is 0. The van der Waals surface area contributed by atoms with Crippen molar-refractivity contribution in [2.24, 2.45) is 22.7 Å². The highest BCUT2D eigenvalue weighted by molar-refractivity contribution is 5.14. The first-order valence-electron chi connectivity index (χ1n) is 7.85. The topological polar surface area (TPSA) is 0 Å². The van der Waals surface area contributed by atoms with E-state index in [2.05, 4.69) is 54.5 Å². The van der Waals surface area contributed by atoms with E-state index in [1.807, 2.05) is 0 Å². The van der Waals surface area contributed by atoms with Gasteiger partial charge in [0, 0.05) is 0 Å². The van der Waals surface area contributed by atoms with Crippen LogP contribution in [0.15, 0.2) is 11.6 Å². The fraction of sp³-hybridized carbons (Fsp3) is 0.889. The summed E-state index contributed by atoms with van der Waals surface area (Å²) in [5.74, 6) is 1.67. The molecular formula is C18H34. The molecular weight excluding hydrogens is 216 g/mol. The first-order valence-corrected chi connectivity index (χ1v) is 7.85. The van der Waals surface area contributed by atoms with Crippen molar-refractivity contribution in [1.82, 2.24) is 0 Å². The van der Waals surface area contributed by atoms with E-state index in [0.29, 0.717) is 10.8 Å². The van der Waals surface area contributed by atoms with E-state index in [1.165, 1.54) is 32.1 Å². The van der Waals surface area contributed by atoms with E-state index < -0.39 is 0 Å². The molecule has 1 rings (SSSR count). The van der Waals surface area contributed by atoms with Gasteiger partial charge in [0.1, 0.15) is 0 Å². The lowest BCUT2D eigenvalue weighted by atomic mass is 9.67. The third-order valence-corrected chi connectivity index (χ3v) is 4.74. The quantitative estimate of drug-likeness (QED) is 0.521. The van der Waals surface area contributed by atoms with Crippen LogP contribution in [-0.2, 0) is 0 Å². The Kier molecular flexibility index (Phi) is 5.09. The third-order valence-electron chi connectivity index (χ3n) is 4.74. The van der Waals surface area contributed by atoms with Crippen LogP contribution >= 0.6 is 0 Å². The highest BCUT2D eigenvalue weighted by Gasteiger charge is 2.32.